The molecule has 2 heterocycles. The Hall–Kier alpha value is -2.15. The highest BCUT2D eigenvalue weighted by atomic mass is 35.5. The first-order valence-corrected chi connectivity index (χ1v) is 8.55. The number of nitrogens with one attached hydrogen (secondary N) is 1. The number of hydrogen-bond donors (Lipinski definition) is 2. The first-order valence-electron chi connectivity index (χ1n) is 8.17. The lowest BCUT2D eigenvalue weighted by Crippen LogP contribution is -2.61. The number of rotatable bonds is 0. The Balaban J connectivity index is 1.72. The highest BCUT2D eigenvalue weighted by Crippen LogP contribution is 2.37. The van der Waals surface area contributed by atoms with Gasteiger partial charge in [-0.2, -0.15) is 0 Å². The minimum Gasteiger partial charge on any atom is -0.467 e. The van der Waals surface area contributed by atoms with Crippen molar-refractivity contribution in [1.82, 2.24) is 10.2 Å². The van der Waals surface area contributed by atoms with Crippen molar-refractivity contribution in [1.29, 1.82) is 0 Å². The molecule has 0 radical (unpaired) electrons. The van der Waals surface area contributed by atoms with Crippen molar-refractivity contribution < 1.29 is 19.1 Å². The highest BCUT2D eigenvalue weighted by Gasteiger charge is 2.44. The third kappa shape index (κ3) is 3.61. The predicted molar refractivity (Wildman–Crippen MR) is 93.7 cm³/mol. The number of likely N-dealkylation sites (tertiary alicyclic amines) is 1. The Labute approximate surface area is 151 Å². The molecule has 3 rings (SSSR count). The van der Waals surface area contributed by atoms with Crippen LogP contribution >= 0.6 is 11.6 Å². The molecular formula is C17H22ClN3O4. The van der Waals surface area contributed by atoms with Crippen molar-refractivity contribution in [3.05, 3.63) is 22.7 Å². The summed E-state index contributed by atoms with van der Waals surface area (Å²) in [5, 5.41) is 3.22. The van der Waals surface area contributed by atoms with Crippen molar-refractivity contribution in [3.8, 4) is 5.75 Å². The zero-order chi connectivity index (χ0) is 18.4. The second-order valence-corrected chi connectivity index (χ2v) is 7.79. The summed E-state index contributed by atoms with van der Waals surface area (Å²) in [7, 11) is 0. The molecule has 2 aliphatic heterocycles. The van der Waals surface area contributed by atoms with Crippen molar-refractivity contribution >= 4 is 29.3 Å². The maximum atomic E-state index is 12.4. The molecular weight excluding hydrogens is 346 g/mol. The standard InChI is InChI=1S/C17H22ClN3O4/c1-16(2,3)25-15(23)21-6-4-17(5-7-21)20-14(22)10-8-11(18)12(19)9-13(10)24-17/h8-9H,4-7,19H2,1-3H3,(H,20,22). The fourth-order valence-electron chi connectivity index (χ4n) is 2.95. The zero-order valence-corrected chi connectivity index (χ0v) is 15.3. The van der Waals surface area contributed by atoms with Crippen LogP contribution in [0.4, 0.5) is 10.5 Å². The summed E-state index contributed by atoms with van der Waals surface area (Å²) < 4.78 is 11.4. The number of hydrogen-bond acceptors (Lipinski definition) is 5. The lowest BCUT2D eigenvalue weighted by atomic mass is 9.97. The Morgan fingerprint density at radius 2 is 2.00 bits per heavy atom. The number of carbonyl (C=O) groups excluding carboxylic acids is 2. The minimum absolute atomic E-state index is 0.256. The van der Waals surface area contributed by atoms with E-state index in [0.29, 0.717) is 48.0 Å². The van der Waals surface area contributed by atoms with E-state index in [4.69, 9.17) is 26.8 Å². The van der Waals surface area contributed by atoms with Gasteiger partial charge in [0, 0.05) is 32.0 Å². The number of nitrogen functional groups attached to an aromatic ring is 1. The number of piperidine rings is 1. The molecule has 1 aromatic rings. The van der Waals surface area contributed by atoms with Gasteiger partial charge in [-0.1, -0.05) is 11.6 Å². The summed E-state index contributed by atoms with van der Waals surface area (Å²) in [6, 6.07) is 3.07. The first-order chi connectivity index (χ1) is 11.6. The van der Waals surface area contributed by atoms with Gasteiger partial charge in [-0.25, -0.2) is 4.79 Å². The van der Waals surface area contributed by atoms with Crippen LogP contribution in [-0.2, 0) is 4.74 Å². The summed E-state index contributed by atoms with van der Waals surface area (Å²) in [6.45, 7) is 6.33. The number of anilines is 1. The minimum atomic E-state index is -0.844. The van der Waals surface area contributed by atoms with Crippen LogP contribution in [0.15, 0.2) is 12.1 Å². The van der Waals surface area contributed by atoms with E-state index >= 15 is 0 Å². The highest BCUT2D eigenvalue weighted by molar-refractivity contribution is 6.33. The van der Waals surface area contributed by atoms with Crippen LogP contribution in [0.25, 0.3) is 0 Å². The molecule has 136 valence electrons. The maximum absolute atomic E-state index is 12.4. The summed E-state index contributed by atoms with van der Waals surface area (Å²) in [6.07, 6.45) is 0.556. The molecule has 0 aromatic heterocycles. The largest absolute Gasteiger partial charge is 0.467 e. The molecule has 2 aliphatic rings. The van der Waals surface area contributed by atoms with Crippen LogP contribution in [0.5, 0.6) is 5.75 Å². The molecule has 2 amide bonds. The van der Waals surface area contributed by atoms with Crippen LogP contribution in [0, 0.1) is 0 Å². The van der Waals surface area contributed by atoms with E-state index < -0.39 is 11.3 Å². The molecule has 0 atom stereocenters. The van der Waals surface area contributed by atoms with Gasteiger partial charge in [0.05, 0.1) is 16.3 Å². The molecule has 1 fully saturated rings. The lowest BCUT2D eigenvalue weighted by molar-refractivity contribution is -0.0366. The van der Waals surface area contributed by atoms with Crippen molar-refractivity contribution in [2.24, 2.45) is 0 Å². The Morgan fingerprint density at radius 3 is 2.60 bits per heavy atom. The second-order valence-electron chi connectivity index (χ2n) is 7.39. The molecule has 8 heteroatoms. The Morgan fingerprint density at radius 1 is 1.36 bits per heavy atom. The van der Waals surface area contributed by atoms with Gasteiger partial charge in [-0.15, -0.1) is 0 Å². The van der Waals surface area contributed by atoms with Crippen LogP contribution in [0.1, 0.15) is 44.0 Å². The molecule has 25 heavy (non-hydrogen) atoms. The molecule has 0 aliphatic carbocycles. The predicted octanol–water partition coefficient (Wildman–Crippen LogP) is 2.77. The monoisotopic (exact) mass is 367 g/mol. The van der Waals surface area contributed by atoms with Crippen LogP contribution in [-0.4, -0.2) is 41.3 Å². The van der Waals surface area contributed by atoms with E-state index in [9.17, 15) is 9.59 Å². The van der Waals surface area contributed by atoms with Gasteiger partial charge < -0.3 is 25.4 Å². The normalized spacial score (nSPS) is 19.0. The van der Waals surface area contributed by atoms with E-state index in [1.807, 2.05) is 20.8 Å². The average Bonchev–Trinajstić information content (AvgIpc) is 2.48. The number of nitrogens with zero attached hydrogens (tertiary/aromatic N) is 1. The quantitative estimate of drug-likeness (QED) is 0.687. The lowest BCUT2D eigenvalue weighted by Gasteiger charge is -2.44. The molecule has 1 spiro atoms. The van der Waals surface area contributed by atoms with Crippen molar-refractivity contribution in [3.63, 3.8) is 0 Å². The van der Waals surface area contributed by atoms with E-state index in [0.717, 1.165) is 0 Å². The fourth-order valence-corrected chi connectivity index (χ4v) is 3.11. The number of benzene rings is 1. The van der Waals surface area contributed by atoms with Crippen LogP contribution in [0.2, 0.25) is 5.02 Å². The third-order valence-corrected chi connectivity index (χ3v) is 4.54. The van der Waals surface area contributed by atoms with E-state index in [-0.39, 0.29) is 12.0 Å². The van der Waals surface area contributed by atoms with Gasteiger partial charge in [0.15, 0.2) is 5.72 Å². The molecule has 0 unspecified atom stereocenters. The molecule has 0 saturated carbocycles. The number of amides is 2. The molecule has 3 N–H and O–H groups in total. The first kappa shape index (κ1) is 17.7. The molecule has 0 bridgehead atoms. The summed E-state index contributed by atoms with van der Waals surface area (Å²) in [4.78, 5) is 26.2. The number of fused-ring (bicyclic) bond motifs is 1. The summed E-state index contributed by atoms with van der Waals surface area (Å²) in [5.74, 6) is 0.158. The smallest absolute Gasteiger partial charge is 0.410 e. The van der Waals surface area contributed by atoms with Crippen LogP contribution < -0.4 is 15.8 Å². The van der Waals surface area contributed by atoms with E-state index in [1.165, 1.54) is 6.07 Å². The van der Waals surface area contributed by atoms with Gasteiger partial charge in [0.2, 0.25) is 0 Å². The van der Waals surface area contributed by atoms with Crippen molar-refractivity contribution in [2.45, 2.75) is 44.9 Å². The van der Waals surface area contributed by atoms with Gasteiger partial charge in [0.1, 0.15) is 11.4 Å². The SMILES string of the molecule is CC(C)(C)OC(=O)N1CCC2(CC1)NC(=O)c1cc(Cl)c(N)cc1O2. The van der Waals surface area contributed by atoms with E-state index in [2.05, 4.69) is 5.32 Å². The number of nitrogens with two attached hydrogens (primary N) is 1. The Kier molecular flexibility index (Phi) is 4.23. The topological polar surface area (TPSA) is 93.9 Å². The van der Waals surface area contributed by atoms with Gasteiger partial charge >= 0.3 is 6.09 Å². The van der Waals surface area contributed by atoms with E-state index in [1.54, 1.807) is 11.0 Å². The molecule has 1 saturated heterocycles. The summed E-state index contributed by atoms with van der Waals surface area (Å²) >= 11 is 5.98. The fraction of sp³-hybridized carbons (Fsp3) is 0.529. The molecule has 7 nitrogen and oxygen atoms in total. The maximum Gasteiger partial charge on any atom is 0.410 e. The van der Waals surface area contributed by atoms with Gasteiger partial charge in [-0.05, 0) is 26.8 Å². The third-order valence-electron chi connectivity index (χ3n) is 4.21. The Bertz CT molecular complexity index is 721. The van der Waals surface area contributed by atoms with Gasteiger partial charge in [0.25, 0.3) is 5.91 Å². The second kappa shape index (κ2) is 5.98. The number of ether oxygens (including phenoxy) is 2. The van der Waals surface area contributed by atoms with Crippen LogP contribution in [0.3, 0.4) is 0 Å². The number of carbonyl (C=O) groups is 2. The average molecular weight is 368 g/mol. The number of halogens is 1. The summed E-state index contributed by atoms with van der Waals surface area (Å²) in [5.41, 5.74) is 5.14. The van der Waals surface area contributed by atoms with Gasteiger partial charge in [-0.3, -0.25) is 4.79 Å². The van der Waals surface area contributed by atoms with Crippen molar-refractivity contribution in [2.75, 3.05) is 18.8 Å². The molecule has 1 aromatic carbocycles. The zero-order valence-electron chi connectivity index (χ0n) is 14.5.